The van der Waals surface area contributed by atoms with Crippen molar-refractivity contribution in [2.45, 2.75) is 57.4 Å². The summed E-state index contributed by atoms with van der Waals surface area (Å²) >= 11 is 1.68. The molecule has 1 aliphatic heterocycles. The smallest absolute Gasteiger partial charge is 0.207 e. The van der Waals surface area contributed by atoms with Gasteiger partial charge in [-0.1, -0.05) is 18.9 Å². The van der Waals surface area contributed by atoms with Gasteiger partial charge in [-0.2, -0.15) is 4.31 Å². The van der Waals surface area contributed by atoms with E-state index in [0.29, 0.717) is 11.4 Å². The molecule has 2 aromatic rings. The Hall–Kier alpha value is -1.17. The van der Waals surface area contributed by atoms with Crippen LogP contribution in [0.25, 0.3) is 0 Å². The molecule has 0 bridgehead atoms. The summed E-state index contributed by atoms with van der Waals surface area (Å²) in [5.74, 6) is 0. The minimum absolute atomic E-state index is 0.0286. The number of thiophene rings is 1. The first kappa shape index (κ1) is 17.6. The van der Waals surface area contributed by atoms with Crippen LogP contribution in [0.2, 0.25) is 0 Å². The number of sulfonamides is 1. The van der Waals surface area contributed by atoms with Gasteiger partial charge in [0.15, 0.2) is 0 Å². The predicted molar refractivity (Wildman–Crippen MR) is 100 cm³/mol. The molecule has 0 N–H and O–H groups in total. The third-order valence-corrected chi connectivity index (χ3v) is 8.02. The fraction of sp³-hybridized carbons (Fsp3) is 0.474. The van der Waals surface area contributed by atoms with Crippen LogP contribution in [0.4, 0.5) is 0 Å². The van der Waals surface area contributed by atoms with Gasteiger partial charge in [0.25, 0.3) is 0 Å². The standard InChI is InChI=1S/C19H25NO2S2/c1-14-8-9-17(13-16(14)3)24(21,22)20-11-6-4-5-7-18(20)19-15(2)10-12-23-19/h8-10,12-13,18H,4-7,11H2,1-3H3/t18-/m0/s1. The molecule has 1 aliphatic rings. The summed E-state index contributed by atoms with van der Waals surface area (Å²) in [5, 5.41) is 2.07. The van der Waals surface area contributed by atoms with E-state index in [0.717, 1.165) is 36.8 Å². The molecule has 0 saturated carbocycles. The summed E-state index contributed by atoms with van der Waals surface area (Å²) in [4.78, 5) is 1.62. The van der Waals surface area contributed by atoms with Crippen LogP contribution < -0.4 is 0 Å². The van der Waals surface area contributed by atoms with E-state index in [2.05, 4.69) is 18.4 Å². The lowest BCUT2D eigenvalue weighted by Gasteiger charge is -2.29. The molecule has 3 nitrogen and oxygen atoms in total. The Morgan fingerprint density at radius 3 is 2.46 bits per heavy atom. The van der Waals surface area contributed by atoms with Gasteiger partial charge in [0.1, 0.15) is 0 Å². The molecule has 0 radical (unpaired) electrons. The van der Waals surface area contributed by atoms with Crippen LogP contribution in [0.3, 0.4) is 0 Å². The second-order valence-corrected chi connectivity index (χ2v) is 9.53. The largest absolute Gasteiger partial charge is 0.243 e. The van der Waals surface area contributed by atoms with Crippen LogP contribution in [0, 0.1) is 20.8 Å². The SMILES string of the molecule is Cc1ccc(S(=O)(=O)N2CCCCC[C@H]2c2sccc2C)cc1C. The van der Waals surface area contributed by atoms with Gasteiger partial charge >= 0.3 is 0 Å². The fourth-order valence-electron chi connectivity index (χ4n) is 3.37. The Morgan fingerprint density at radius 1 is 1.00 bits per heavy atom. The molecule has 1 aromatic carbocycles. The Morgan fingerprint density at radius 2 is 1.79 bits per heavy atom. The number of aryl methyl sites for hydroxylation is 3. The van der Waals surface area contributed by atoms with Crippen LogP contribution in [-0.4, -0.2) is 19.3 Å². The summed E-state index contributed by atoms with van der Waals surface area (Å²) in [6.07, 6.45) is 4.03. The number of benzene rings is 1. The molecule has 0 unspecified atom stereocenters. The topological polar surface area (TPSA) is 37.4 Å². The zero-order valence-electron chi connectivity index (χ0n) is 14.6. The quantitative estimate of drug-likeness (QED) is 0.771. The van der Waals surface area contributed by atoms with E-state index in [1.165, 1.54) is 10.4 Å². The average Bonchev–Trinajstić information content (AvgIpc) is 2.82. The van der Waals surface area contributed by atoms with Gasteiger partial charge in [0.2, 0.25) is 10.0 Å². The van der Waals surface area contributed by atoms with Gasteiger partial charge in [-0.15, -0.1) is 11.3 Å². The van der Waals surface area contributed by atoms with Crippen molar-refractivity contribution in [1.29, 1.82) is 0 Å². The summed E-state index contributed by atoms with van der Waals surface area (Å²) in [7, 11) is -3.48. The van der Waals surface area contributed by atoms with Crippen molar-refractivity contribution in [3.05, 3.63) is 51.2 Å². The number of hydrogen-bond donors (Lipinski definition) is 0. The number of rotatable bonds is 3. The molecule has 3 rings (SSSR count). The van der Waals surface area contributed by atoms with Crippen molar-refractivity contribution < 1.29 is 8.42 Å². The minimum Gasteiger partial charge on any atom is -0.207 e. The van der Waals surface area contributed by atoms with Crippen LogP contribution in [0.1, 0.15) is 53.3 Å². The zero-order chi connectivity index (χ0) is 17.3. The minimum atomic E-state index is -3.48. The fourth-order valence-corrected chi connectivity index (χ4v) is 6.26. The normalized spacial score (nSPS) is 20.0. The molecule has 0 spiro atoms. The maximum absolute atomic E-state index is 13.4. The molecule has 5 heteroatoms. The van der Waals surface area contributed by atoms with Crippen molar-refractivity contribution in [3.8, 4) is 0 Å². The summed E-state index contributed by atoms with van der Waals surface area (Å²) in [6, 6.07) is 7.53. The number of nitrogens with zero attached hydrogens (tertiary/aromatic N) is 1. The van der Waals surface area contributed by atoms with Gasteiger partial charge in [-0.05, 0) is 73.9 Å². The van der Waals surface area contributed by atoms with E-state index in [4.69, 9.17) is 0 Å². The maximum Gasteiger partial charge on any atom is 0.243 e. The molecule has 2 heterocycles. The van der Waals surface area contributed by atoms with Gasteiger partial charge in [0.05, 0.1) is 10.9 Å². The van der Waals surface area contributed by atoms with Crippen LogP contribution >= 0.6 is 11.3 Å². The van der Waals surface area contributed by atoms with E-state index in [1.54, 1.807) is 21.7 Å². The van der Waals surface area contributed by atoms with Crippen molar-refractivity contribution >= 4 is 21.4 Å². The highest BCUT2D eigenvalue weighted by Crippen LogP contribution is 2.38. The first-order valence-corrected chi connectivity index (χ1v) is 10.9. The lowest BCUT2D eigenvalue weighted by atomic mass is 10.1. The zero-order valence-corrected chi connectivity index (χ0v) is 16.2. The van der Waals surface area contributed by atoms with E-state index >= 15 is 0 Å². The highest BCUT2D eigenvalue weighted by atomic mass is 32.2. The van der Waals surface area contributed by atoms with E-state index < -0.39 is 10.0 Å². The lowest BCUT2D eigenvalue weighted by molar-refractivity contribution is 0.332. The summed E-state index contributed by atoms with van der Waals surface area (Å²) in [5.41, 5.74) is 3.34. The monoisotopic (exact) mass is 363 g/mol. The first-order chi connectivity index (χ1) is 11.4. The van der Waals surface area contributed by atoms with Crippen molar-refractivity contribution in [1.82, 2.24) is 4.31 Å². The third-order valence-electron chi connectivity index (χ3n) is 4.99. The van der Waals surface area contributed by atoms with Crippen LogP contribution in [0.5, 0.6) is 0 Å². The Balaban J connectivity index is 2.05. The van der Waals surface area contributed by atoms with E-state index in [1.807, 2.05) is 26.0 Å². The molecular weight excluding hydrogens is 338 g/mol. The van der Waals surface area contributed by atoms with Crippen LogP contribution in [-0.2, 0) is 10.0 Å². The van der Waals surface area contributed by atoms with E-state index in [-0.39, 0.29) is 6.04 Å². The average molecular weight is 364 g/mol. The van der Waals surface area contributed by atoms with Gasteiger partial charge in [0, 0.05) is 11.4 Å². The first-order valence-electron chi connectivity index (χ1n) is 8.54. The second-order valence-electron chi connectivity index (χ2n) is 6.69. The highest BCUT2D eigenvalue weighted by Gasteiger charge is 2.34. The van der Waals surface area contributed by atoms with Crippen LogP contribution in [0.15, 0.2) is 34.5 Å². The van der Waals surface area contributed by atoms with E-state index in [9.17, 15) is 8.42 Å². The molecule has 0 aliphatic carbocycles. The van der Waals surface area contributed by atoms with Crippen molar-refractivity contribution in [2.24, 2.45) is 0 Å². The maximum atomic E-state index is 13.4. The molecule has 1 atom stereocenters. The molecular formula is C19H25NO2S2. The molecule has 1 fully saturated rings. The Bertz CT molecular complexity index is 824. The summed E-state index contributed by atoms with van der Waals surface area (Å²) in [6.45, 7) is 6.67. The second kappa shape index (κ2) is 6.98. The van der Waals surface area contributed by atoms with Crippen molar-refractivity contribution in [2.75, 3.05) is 6.54 Å². The third kappa shape index (κ3) is 3.30. The molecule has 130 valence electrons. The molecule has 0 amide bonds. The molecule has 24 heavy (non-hydrogen) atoms. The number of hydrogen-bond acceptors (Lipinski definition) is 3. The highest BCUT2D eigenvalue weighted by molar-refractivity contribution is 7.89. The van der Waals surface area contributed by atoms with Crippen molar-refractivity contribution in [3.63, 3.8) is 0 Å². The lowest BCUT2D eigenvalue weighted by Crippen LogP contribution is -2.34. The Kier molecular flexibility index (Phi) is 5.13. The van der Waals surface area contributed by atoms with Gasteiger partial charge in [-0.25, -0.2) is 8.42 Å². The van der Waals surface area contributed by atoms with Gasteiger partial charge < -0.3 is 0 Å². The molecule has 1 saturated heterocycles. The predicted octanol–water partition coefficient (Wildman–Crippen LogP) is 4.98. The Labute approximate surface area is 149 Å². The molecule has 1 aromatic heterocycles. The van der Waals surface area contributed by atoms with Gasteiger partial charge in [-0.3, -0.25) is 0 Å². The summed E-state index contributed by atoms with van der Waals surface area (Å²) < 4.78 is 28.5.